The molecule has 0 spiro atoms. The first-order chi connectivity index (χ1) is 10.7. The van der Waals surface area contributed by atoms with Crippen molar-refractivity contribution < 1.29 is 17.5 Å². The van der Waals surface area contributed by atoms with Gasteiger partial charge in [0.05, 0.1) is 17.1 Å². The molecule has 0 amide bonds. The first-order valence-corrected chi connectivity index (χ1v) is 9.24. The summed E-state index contributed by atoms with van der Waals surface area (Å²) in [5.74, 6) is -0.506. The molecule has 1 aromatic rings. The van der Waals surface area contributed by atoms with Crippen LogP contribution in [0.2, 0.25) is 0 Å². The van der Waals surface area contributed by atoms with Gasteiger partial charge in [-0.25, -0.2) is 17.1 Å². The van der Waals surface area contributed by atoms with Crippen molar-refractivity contribution in [3.63, 3.8) is 0 Å². The Bertz CT molecular complexity index is 639. The van der Waals surface area contributed by atoms with Crippen LogP contribution in [0.5, 0.6) is 0 Å². The summed E-state index contributed by atoms with van der Waals surface area (Å²) in [6.45, 7) is 4.20. The lowest BCUT2D eigenvalue weighted by Crippen LogP contribution is -2.41. The molecule has 1 fully saturated rings. The Morgan fingerprint density at radius 2 is 1.87 bits per heavy atom. The Balaban J connectivity index is 2.20. The van der Waals surface area contributed by atoms with Crippen LogP contribution in [0.3, 0.4) is 0 Å². The van der Waals surface area contributed by atoms with Crippen LogP contribution in [0.15, 0.2) is 23.1 Å². The predicted molar refractivity (Wildman–Crippen MR) is 87.1 cm³/mol. The highest BCUT2D eigenvalue weighted by Crippen LogP contribution is 2.23. The fraction of sp³-hybridized carbons (Fsp3) is 0.625. The van der Waals surface area contributed by atoms with Gasteiger partial charge in [-0.2, -0.15) is 0 Å². The van der Waals surface area contributed by atoms with E-state index >= 15 is 0 Å². The highest BCUT2D eigenvalue weighted by atomic mass is 32.2. The van der Waals surface area contributed by atoms with Gasteiger partial charge in [0.2, 0.25) is 10.0 Å². The van der Waals surface area contributed by atoms with E-state index in [0.717, 1.165) is 17.1 Å². The summed E-state index contributed by atoms with van der Waals surface area (Å²) in [5, 5.41) is 3.29. The maximum absolute atomic E-state index is 14.2. The zero-order valence-electron chi connectivity index (χ0n) is 14.0. The largest absolute Gasteiger partial charge is 0.375 e. The molecule has 1 N–H and O–H groups in total. The van der Waals surface area contributed by atoms with Gasteiger partial charge in [0.25, 0.3) is 0 Å². The summed E-state index contributed by atoms with van der Waals surface area (Å²) in [4.78, 5) is 0.0168. The maximum Gasteiger partial charge on any atom is 0.242 e. The van der Waals surface area contributed by atoms with Crippen molar-refractivity contribution >= 4 is 10.0 Å². The van der Waals surface area contributed by atoms with E-state index in [9.17, 15) is 12.8 Å². The molecule has 1 heterocycles. The first-order valence-electron chi connectivity index (χ1n) is 7.80. The topological polar surface area (TPSA) is 58.6 Å². The smallest absolute Gasteiger partial charge is 0.242 e. The van der Waals surface area contributed by atoms with E-state index in [4.69, 9.17) is 4.74 Å². The standard InChI is InChI=1S/C16H25FN2O3S/c1-11-8-13(9-12(2)22-11)18-10-14-15(17)6-5-7-16(14)23(20,21)19(3)4/h5-7,11-13,18H,8-10H2,1-4H3/t11-,12+,13?. The lowest BCUT2D eigenvalue weighted by atomic mass is 9.99. The molecule has 130 valence electrons. The number of nitrogens with one attached hydrogen (secondary N) is 1. The van der Waals surface area contributed by atoms with Crippen LogP contribution in [0.25, 0.3) is 0 Å². The van der Waals surface area contributed by atoms with E-state index in [1.165, 1.54) is 32.3 Å². The van der Waals surface area contributed by atoms with Crippen LogP contribution >= 0.6 is 0 Å². The van der Waals surface area contributed by atoms with Gasteiger partial charge in [0.1, 0.15) is 5.82 Å². The predicted octanol–water partition coefficient (Wildman–Crippen LogP) is 2.12. The van der Waals surface area contributed by atoms with Crippen LogP contribution in [0.1, 0.15) is 32.3 Å². The number of hydrogen-bond donors (Lipinski definition) is 1. The lowest BCUT2D eigenvalue weighted by Gasteiger charge is -2.33. The Labute approximate surface area is 137 Å². The van der Waals surface area contributed by atoms with Gasteiger partial charge in [-0.05, 0) is 38.8 Å². The van der Waals surface area contributed by atoms with Gasteiger partial charge in [0.15, 0.2) is 0 Å². The average molecular weight is 344 g/mol. The van der Waals surface area contributed by atoms with E-state index in [1.54, 1.807) is 0 Å². The molecule has 1 unspecified atom stereocenters. The van der Waals surface area contributed by atoms with Crippen LogP contribution in [0, 0.1) is 5.82 Å². The minimum Gasteiger partial charge on any atom is -0.375 e. The highest BCUT2D eigenvalue weighted by Gasteiger charge is 2.26. The molecule has 1 aliphatic heterocycles. The highest BCUT2D eigenvalue weighted by molar-refractivity contribution is 7.89. The van der Waals surface area contributed by atoms with Crippen molar-refractivity contribution in [2.45, 2.75) is 56.4 Å². The quantitative estimate of drug-likeness (QED) is 0.889. The van der Waals surface area contributed by atoms with E-state index in [0.29, 0.717) is 0 Å². The van der Waals surface area contributed by atoms with Gasteiger partial charge in [0, 0.05) is 32.2 Å². The minimum absolute atomic E-state index is 0.0168. The molecular weight excluding hydrogens is 319 g/mol. The van der Waals surface area contributed by atoms with Gasteiger partial charge in [-0.15, -0.1) is 0 Å². The Morgan fingerprint density at radius 1 is 1.26 bits per heavy atom. The maximum atomic E-state index is 14.2. The Morgan fingerprint density at radius 3 is 2.43 bits per heavy atom. The zero-order chi connectivity index (χ0) is 17.2. The van der Waals surface area contributed by atoms with E-state index in [2.05, 4.69) is 5.32 Å². The Hall–Kier alpha value is -1.02. The van der Waals surface area contributed by atoms with Crippen molar-refractivity contribution in [3.05, 3.63) is 29.6 Å². The number of nitrogens with zero attached hydrogens (tertiary/aromatic N) is 1. The fourth-order valence-corrected chi connectivity index (χ4v) is 4.09. The summed E-state index contributed by atoms with van der Waals surface area (Å²) in [6, 6.07) is 4.35. The molecule has 0 aliphatic carbocycles. The van der Waals surface area contributed by atoms with Crippen molar-refractivity contribution in [1.82, 2.24) is 9.62 Å². The van der Waals surface area contributed by atoms with E-state index in [-0.39, 0.29) is 35.3 Å². The van der Waals surface area contributed by atoms with Crippen LogP contribution in [0.4, 0.5) is 4.39 Å². The molecule has 1 saturated heterocycles. The molecule has 1 aromatic carbocycles. The van der Waals surface area contributed by atoms with Crippen LogP contribution in [-0.2, 0) is 21.3 Å². The Kier molecular flexibility index (Phi) is 5.78. The van der Waals surface area contributed by atoms with Crippen molar-refractivity contribution in [2.75, 3.05) is 14.1 Å². The molecule has 0 aromatic heterocycles. The van der Waals surface area contributed by atoms with Crippen LogP contribution in [-0.4, -0.2) is 45.1 Å². The molecule has 0 bridgehead atoms. The van der Waals surface area contributed by atoms with Gasteiger partial charge < -0.3 is 10.1 Å². The first kappa shape index (κ1) is 18.3. The zero-order valence-corrected chi connectivity index (χ0v) is 14.9. The second kappa shape index (κ2) is 7.25. The third-order valence-electron chi connectivity index (χ3n) is 4.10. The number of halogens is 1. The summed E-state index contributed by atoms with van der Waals surface area (Å²) in [5.41, 5.74) is 0.188. The molecule has 1 aliphatic rings. The molecule has 0 saturated carbocycles. The van der Waals surface area contributed by atoms with E-state index in [1.807, 2.05) is 13.8 Å². The van der Waals surface area contributed by atoms with Gasteiger partial charge in [-0.1, -0.05) is 6.07 Å². The molecule has 7 heteroatoms. The van der Waals surface area contributed by atoms with Crippen molar-refractivity contribution in [1.29, 1.82) is 0 Å². The molecule has 5 nitrogen and oxygen atoms in total. The molecule has 3 atom stereocenters. The number of rotatable bonds is 5. The third kappa shape index (κ3) is 4.29. The van der Waals surface area contributed by atoms with E-state index < -0.39 is 15.8 Å². The summed E-state index contributed by atoms with van der Waals surface area (Å²) in [6.07, 6.45) is 1.94. The summed E-state index contributed by atoms with van der Waals surface area (Å²) >= 11 is 0. The fourth-order valence-electron chi connectivity index (χ4n) is 2.97. The second-order valence-electron chi connectivity index (χ2n) is 6.31. The number of sulfonamides is 1. The normalized spacial score (nSPS) is 25.7. The number of benzene rings is 1. The van der Waals surface area contributed by atoms with Crippen molar-refractivity contribution in [3.8, 4) is 0 Å². The lowest BCUT2D eigenvalue weighted by molar-refractivity contribution is -0.0423. The van der Waals surface area contributed by atoms with Crippen LogP contribution < -0.4 is 5.32 Å². The number of hydrogen-bond acceptors (Lipinski definition) is 4. The summed E-state index contributed by atoms with van der Waals surface area (Å²) < 4.78 is 45.7. The average Bonchev–Trinajstić information content (AvgIpc) is 2.44. The molecule has 2 rings (SSSR count). The monoisotopic (exact) mass is 344 g/mol. The van der Waals surface area contributed by atoms with Gasteiger partial charge in [-0.3, -0.25) is 0 Å². The second-order valence-corrected chi connectivity index (χ2v) is 8.43. The molecule has 0 radical (unpaired) electrons. The molecule has 23 heavy (non-hydrogen) atoms. The molecular formula is C16H25FN2O3S. The minimum atomic E-state index is -3.68. The SMILES string of the molecule is C[C@@H]1CC(NCc2c(F)cccc2S(=O)(=O)N(C)C)C[C@H](C)O1. The summed E-state index contributed by atoms with van der Waals surface area (Å²) in [7, 11) is -0.788. The van der Waals surface area contributed by atoms with Crippen molar-refractivity contribution in [2.24, 2.45) is 0 Å². The van der Waals surface area contributed by atoms with Gasteiger partial charge >= 0.3 is 0 Å². The number of ether oxygens (including phenoxy) is 1. The third-order valence-corrected chi connectivity index (χ3v) is 6.00.